The molecule has 1 aliphatic rings. The summed E-state index contributed by atoms with van der Waals surface area (Å²) in [4.78, 5) is 58.7. The molecule has 1 saturated heterocycles. The fourth-order valence-electron chi connectivity index (χ4n) is 3.09. The molecule has 0 saturated carbocycles. The summed E-state index contributed by atoms with van der Waals surface area (Å²) in [7, 11) is 0. The summed E-state index contributed by atoms with van der Waals surface area (Å²) in [5, 5.41) is 5.21. The molecule has 2 rings (SSSR count). The van der Waals surface area contributed by atoms with Crippen molar-refractivity contribution in [2.24, 2.45) is 0 Å². The van der Waals surface area contributed by atoms with E-state index in [4.69, 9.17) is 0 Å². The second-order valence-corrected chi connectivity index (χ2v) is 7.61. The van der Waals surface area contributed by atoms with Gasteiger partial charge < -0.3 is 10.1 Å². The molecule has 0 radical (unpaired) electrons. The Kier molecular flexibility index (Phi) is 7.03. The van der Waals surface area contributed by atoms with Crippen LogP contribution in [0.4, 0.5) is 5.69 Å². The van der Waals surface area contributed by atoms with Crippen LogP contribution in [0.3, 0.4) is 0 Å². The molecule has 1 unspecified atom stereocenters. The van der Waals surface area contributed by atoms with Gasteiger partial charge in [0.05, 0.1) is 0 Å². The Hall–Kier alpha value is -3.29. The number of hydrogen-bond acceptors (Lipinski definition) is 6. The van der Waals surface area contributed by atoms with E-state index >= 15 is 0 Å². The van der Waals surface area contributed by atoms with Gasteiger partial charge in [0.25, 0.3) is 5.91 Å². The van der Waals surface area contributed by atoms with Crippen molar-refractivity contribution >= 4 is 36.1 Å². The molecule has 0 aromatic heterocycles. The van der Waals surface area contributed by atoms with Crippen LogP contribution in [0.25, 0.3) is 0 Å². The van der Waals surface area contributed by atoms with E-state index in [0.29, 0.717) is 18.5 Å². The molecule has 1 aromatic rings. The summed E-state index contributed by atoms with van der Waals surface area (Å²) >= 11 is 0. The standard InChI is InChI=1S/C21H25N3O5/c1-14(22-16-6-4-5-15(12-16)21(2,3)9-10-25)11-19(28)24(13-26)17-7-8-18(27)23-20(17)29/h4-6,10-13,17,22H,7-9H2,1-3H3,(H,23,27,29)/b14-11+. The minimum Gasteiger partial charge on any atom is -0.359 e. The number of amides is 4. The average Bonchev–Trinajstić information content (AvgIpc) is 2.64. The minimum absolute atomic E-state index is 0.0678. The molecule has 154 valence electrons. The number of rotatable bonds is 8. The van der Waals surface area contributed by atoms with E-state index in [0.717, 1.165) is 22.4 Å². The van der Waals surface area contributed by atoms with Crippen LogP contribution in [0.2, 0.25) is 0 Å². The van der Waals surface area contributed by atoms with E-state index in [1.165, 1.54) is 6.08 Å². The van der Waals surface area contributed by atoms with Gasteiger partial charge >= 0.3 is 0 Å². The lowest BCUT2D eigenvalue weighted by Crippen LogP contribution is -2.53. The van der Waals surface area contributed by atoms with E-state index in [1.807, 2.05) is 38.1 Å². The molecule has 4 amide bonds. The zero-order valence-corrected chi connectivity index (χ0v) is 16.7. The Morgan fingerprint density at radius 3 is 2.66 bits per heavy atom. The zero-order valence-electron chi connectivity index (χ0n) is 16.7. The van der Waals surface area contributed by atoms with E-state index in [1.54, 1.807) is 6.92 Å². The van der Waals surface area contributed by atoms with Crippen molar-refractivity contribution in [3.05, 3.63) is 41.6 Å². The van der Waals surface area contributed by atoms with Crippen LogP contribution in [0, 0.1) is 0 Å². The summed E-state index contributed by atoms with van der Waals surface area (Å²) in [6.07, 6.45) is 2.95. The molecule has 0 spiro atoms. The van der Waals surface area contributed by atoms with Crippen LogP contribution in [0.15, 0.2) is 36.0 Å². The number of carbonyl (C=O) groups is 5. The van der Waals surface area contributed by atoms with Gasteiger partial charge in [0.15, 0.2) is 0 Å². The van der Waals surface area contributed by atoms with E-state index < -0.39 is 23.8 Å². The van der Waals surface area contributed by atoms with Gasteiger partial charge in [0.1, 0.15) is 12.3 Å². The highest BCUT2D eigenvalue weighted by atomic mass is 16.2. The SMILES string of the molecule is C/C(=C\C(=O)N(C=O)C1CCC(=O)NC1=O)Nc1cccc(C(C)(C)CC=O)c1. The molecular formula is C21H25N3O5. The Balaban J connectivity index is 2.13. The van der Waals surface area contributed by atoms with Crippen LogP contribution in [-0.4, -0.2) is 41.4 Å². The summed E-state index contributed by atoms with van der Waals surface area (Å²) in [5.74, 6) is -1.74. The van der Waals surface area contributed by atoms with Gasteiger partial charge in [-0.15, -0.1) is 0 Å². The van der Waals surface area contributed by atoms with Crippen LogP contribution in [0.1, 0.15) is 45.6 Å². The topological polar surface area (TPSA) is 113 Å². The fourth-order valence-corrected chi connectivity index (χ4v) is 3.09. The summed E-state index contributed by atoms with van der Waals surface area (Å²) in [6.45, 7) is 5.60. The largest absolute Gasteiger partial charge is 0.359 e. The zero-order chi connectivity index (χ0) is 21.6. The predicted octanol–water partition coefficient (Wildman–Crippen LogP) is 1.66. The Bertz CT molecular complexity index is 860. The predicted molar refractivity (Wildman–Crippen MR) is 107 cm³/mol. The van der Waals surface area contributed by atoms with E-state index in [2.05, 4.69) is 10.6 Å². The van der Waals surface area contributed by atoms with Gasteiger partial charge in [0, 0.05) is 30.3 Å². The molecule has 2 N–H and O–H groups in total. The number of aldehydes is 1. The number of benzene rings is 1. The lowest BCUT2D eigenvalue weighted by molar-refractivity contribution is -0.148. The number of hydrogen-bond donors (Lipinski definition) is 2. The third-order valence-corrected chi connectivity index (χ3v) is 4.83. The number of imide groups is 2. The fraction of sp³-hybridized carbons (Fsp3) is 0.381. The number of anilines is 1. The lowest BCUT2D eigenvalue weighted by atomic mass is 9.82. The van der Waals surface area contributed by atoms with Crippen molar-refractivity contribution in [3.8, 4) is 0 Å². The highest BCUT2D eigenvalue weighted by Gasteiger charge is 2.33. The van der Waals surface area contributed by atoms with Gasteiger partial charge in [-0.05, 0) is 36.5 Å². The van der Waals surface area contributed by atoms with Gasteiger partial charge in [-0.25, -0.2) is 0 Å². The molecule has 1 aliphatic heterocycles. The highest BCUT2D eigenvalue weighted by molar-refractivity contribution is 6.05. The monoisotopic (exact) mass is 399 g/mol. The smallest absolute Gasteiger partial charge is 0.255 e. The summed E-state index contributed by atoms with van der Waals surface area (Å²) in [6, 6.07) is 6.48. The second kappa shape index (κ2) is 9.27. The van der Waals surface area contributed by atoms with Crippen LogP contribution in [-0.2, 0) is 29.4 Å². The van der Waals surface area contributed by atoms with E-state index in [9.17, 15) is 24.0 Å². The molecule has 8 nitrogen and oxygen atoms in total. The van der Waals surface area contributed by atoms with Crippen molar-refractivity contribution in [1.29, 1.82) is 0 Å². The van der Waals surface area contributed by atoms with Gasteiger partial charge in [-0.2, -0.15) is 0 Å². The lowest BCUT2D eigenvalue weighted by Gasteiger charge is -2.27. The van der Waals surface area contributed by atoms with Crippen LogP contribution in [0.5, 0.6) is 0 Å². The number of nitrogens with one attached hydrogen (secondary N) is 2. The summed E-state index contributed by atoms with van der Waals surface area (Å²) in [5.41, 5.74) is 1.83. The van der Waals surface area contributed by atoms with Gasteiger partial charge in [-0.3, -0.25) is 29.4 Å². The quantitative estimate of drug-likeness (QED) is 0.391. The first-order valence-electron chi connectivity index (χ1n) is 9.28. The number of allylic oxidation sites excluding steroid dienone is 1. The molecule has 0 aliphatic carbocycles. The van der Waals surface area contributed by atoms with Crippen molar-refractivity contribution in [3.63, 3.8) is 0 Å². The van der Waals surface area contributed by atoms with E-state index in [-0.39, 0.29) is 18.3 Å². The first-order chi connectivity index (χ1) is 13.7. The molecule has 0 bridgehead atoms. The van der Waals surface area contributed by atoms with Crippen molar-refractivity contribution in [2.75, 3.05) is 5.32 Å². The number of nitrogens with zero attached hydrogens (tertiary/aromatic N) is 1. The van der Waals surface area contributed by atoms with Crippen molar-refractivity contribution in [1.82, 2.24) is 10.2 Å². The molecule has 1 fully saturated rings. The first-order valence-corrected chi connectivity index (χ1v) is 9.28. The van der Waals surface area contributed by atoms with Crippen molar-refractivity contribution < 1.29 is 24.0 Å². The molecule has 1 heterocycles. The maximum absolute atomic E-state index is 12.5. The molecular weight excluding hydrogens is 374 g/mol. The second-order valence-electron chi connectivity index (χ2n) is 7.61. The average molecular weight is 399 g/mol. The Morgan fingerprint density at radius 2 is 2.03 bits per heavy atom. The van der Waals surface area contributed by atoms with Crippen molar-refractivity contribution in [2.45, 2.75) is 51.5 Å². The van der Waals surface area contributed by atoms with Crippen LogP contribution >= 0.6 is 0 Å². The number of carbonyl (C=O) groups excluding carboxylic acids is 5. The van der Waals surface area contributed by atoms with Gasteiger partial charge in [-0.1, -0.05) is 26.0 Å². The maximum Gasteiger partial charge on any atom is 0.255 e. The molecule has 1 atom stereocenters. The first kappa shape index (κ1) is 22.0. The molecule has 29 heavy (non-hydrogen) atoms. The Labute approximate surface area is 169 Å². The molecule has 8 heteroatoms. The minimum atomic E-state index is -1.01. The Morgan fingerprint density at radius 1 is 1.31 bits per heavy atom. The van der Waals surface area contributed by atoms with Crippen LogP contribution < -0.4 is 10.6 Å². The third kappa shape index (κ3) is 5.60. The molecule has 1 aromatic carbocycles. The third-order valence-electron chi connectivity index (χ3n) is 4.83. The normalized spacial score (nSPS) is 17.3. The summed E-state index contributed by atoms with van der Waals surface area (Å²) < 4.78 is 0. The maximum atomic E-state index is 12.5. The highest BCUT2D eigenvalue weighted by Crippen LogP contribution is 2.28. The van der Waals surface area contributed by atoms with Gasteiger partial charge in [0.2, 0.25) is 18.2 Å². The number of piperidine rings is 1.